The first-order valence-corrected chi connectivity index (χ1v) is 13.3. The Morgan fingerprint density at radius 1 is 1.13 bits per heavy atom. The summed E-state index contributed by atoms with van der Waals surface area (Å²) < 4.78 is 12.7. The fourth-order valence-electron chi connectivity index (χ4n) is 4.99. The Balaban J connectivity index is 2.23. The lowest BCUT2D eigenvalue weighted by molar-refractivity contribution is 0.0497. The average molecular weight is 430 g/mol. The fourth-order valence-corrected chi connectivity index (χ4v) is 10.6. The lowest BCUT2D eigenvalue weighted by atomic mass is 10.0. The maximum absolute atomic E-state index is 13.0. The van der Waals surface area contributed by atoms with Crippen LogP contribution in [0.5, 0.6) is 0 Å². The second-order valence-electron chi connectivity index (χ2n) is 9.19. The van der Waals surface area contributed by atoms with Gasteiger partial charge in [0.2, 0.25) is 8.32 Å². The molecule has 1 aromatic carbocycles. The number of hydrogen-bond acceptors (Lipinski definition) is 3. The van der Waals surface area contributed by atoms with Crippen LogP contribution in [0.4, 0.5) is 4.79 Å². The number of carbonyl (C=O) groups excluding carboxylic acids is 1. The second-order valence-corrected chi connectivity index (χ2v) is 14.6. The fraction of sp³-hybridized carbons (Fsp3) is 0.560. The quantitative estimate of drug-likeness (QED) is 0.416. The van der Waals surface area contributed by atoms with Crippen molar-refractivity contribution in [2.45, 2.75) is 90.3 Å². The number of rotatable bonds is 8. The first-order chi connectivity index (χ1) is 14.1. The van der Waals surface area contributed by atoms with Crippen molar-refractivity contribution < 1.29 is 14.0 Å². The van der Waals surface area contributed by atoms with Crippen molar-refractivity contribution in [3.8, 4) is 0 Å². The normalized spacial score (nSPS) is 19.9. The van der Waals surface area contributed by atoms with E-state index in [0.717, 1.165) is 17.7 Å². The van der Waals surface area contributed by atoms with Gasteiger partial charge in [-0.05, 0) is 41.6 Å². The van der Waals surface area contributed by atoms with Gasteiger partial charge in [-0.3, -0.25) is 4.90 Å². The molecule has 166 valence electrons. The monoisotopic (exact) mass is 429 g/mol. The van der Waals surface area contributed by atoms with Gasteiger partial charge in [-0.1, -0.05) is 84.5 Å². The summed E-state index contributed by atoms with van der Waals surface area (Å²) in [6.07, 6.45) is 4.18. The van der Waals surface area contributed by atoms with Crippen LogP contribution in [0.1, 0.15) is 60.5 Å². The Morgan fingerprint density at radius 3 is 2.20 bits per heavy atom. The van der Waals surface area contributed by atoms with Gasteiger partial charge in [0.25, 0.3) is 0 Å². The van der Waals surface area contributed by atoms with Gasteiger partial charge in [-0.15, -0.1) is 0 Å². The van der Waals surface area contributed by atoms with Crippen LogP contribution >= 0.6 is 0 Å². The molecular weight excluding hydrogens is 390 g/mol. The third-order valence-corrected chi connectivity index (χ3v) is 12.6. The smallest absolute Gasteiger partial charge is 0.414 e. The summed E-state index contributed by atoms with van der Waals surface area (Å²) in [5, 5.41) is 0. The van der Waals surface area contributed by atoms with Crippen LogP contribution in [0.25, 0.3) is 0 Å². The van der Waals surface area contributed by atoms with Gasteiger partial charge < -0.3 is 9.16 Å². The van der Waals surface area contributed by atoms with Crippen LogP contribution in [0.15, 0.2) is 54.8 Å². The first kappa shape index (κ1) is 24.4. The molecule has 0 aliphatic carbocycles. The topological polar surface area (TPSA) is 38.8 Å². The Labute approximate surface area is 184 Å². The summed E-state index contributed by atoms with van der Waals surface area (Å²) in [5.74, 6) is 0. The summed E-state index contributed by atoms with van der Waals surface area (Å²) in [5.41, 5.74) is 3.25. The molecular formula is C25H39NO3Si. The molecule has 1 amide bonds. The SMILES string of the molecule is C=CC1=CC[C@@H](O[Si](C(C)C)(C(C)C)C(C)C)[C@H](C)N1C(=O)OCc1ccccc1. The molecule has 30 heavy (non-hydrogen) atoms. The number of amides is 1. The number of carbonyl (C=O) groups is 1. The maximum atomic E-state index is 13.0. The van der Waals surface area contributed by atoms with Gasteiger partial charge in [0.1, 0.15) is 6.61 Å². The molecule has 0 saturated carbocycles. The predicted octanol–water partition coefficient (Wildman–Crippen LogP) is 7.05. The highest BCUT2D eigenvalue weighted by Gasteiger charge is 2.48. The van der Waals surface area contributed by atoms with E-state index in [1.54, 1.807) is 11.0 Å². The third kappa shape index (κ3) is 5.06. The highest BCUT2D eigenvalue weighted by molar-refractivity contribution is 6.77. The molecule has 1 heterocycles. The van der Waals surface area contributed by atoms with E-state index in [-0.39, 0.29) is 24.8 Å². The molecule has 5 heteroatoms. The number of ether oxygens (including phenoxy) is 1. The van der Waals surface area contributed by atoms with E-state index in [2.05, 4.69) is 61.1 Å². The maximum Gasteiger partial charge on any atom is 0.414 e. The van der Waals surface area contributed by atoms with Gasteiger partial charge in [-0.2, -0.15) is 0 Å². The van der Waals surface area contributed by atoms with Crippen LogP contribution in [0.2, 0.25) is 16.6 Å². The van der Waals surface area contributed by atoms with Gasteiger partial charge in [0.15, 0.2) is 0 Å². The van der Waals surface area contributed by atoms with Crippen molar-refractivity contribution in [2.75, 3.05) is 0 Å². The van der Waals surface area contributed by atoms with Gasteiger partial charge >= 0.3 is 6.09 Å². The Bertz CT molecular complexity index is 720. The van der Waals surface area contributed by atoms with Crippen molar-refractivity contribution in [2.24, 2.45) is 0 Å². The molecule has 1 aliphatic rings. The minimum Gasteiger partial charge on any atom is -0.444 e. The number of benzene rings is 1. The van der Waals surface area contributed by atoms with Crippen molar-refractivity contribution in [3.05, 3.63) is 60.3 Å². The van der Waals surface area contributed by atoms with Crippen molar-refractivity contribution in [1.82, 2.24) is 4.90 Å². The van der Waals surface area contributed by atoms with Crippen LogP contribution < -0.4 is 0 Å². The molecule has 0 aromatic heterocycles. The van der Waals surface area contributed by atoms with E-state index in [9.17, 15) is 4.79 Å². The largest absolute Gasteiger partial charge is 0.444 e. The molecule has 1 aliphatic heterocycles. The average Bonchev–Trinajstić information content (AvgIpc) is 2.70. The van der Waals surface area contributed by atoms with E-state index in [4.69, 9.17) is 9.16 Å². The zero-order chi connectivity index (χ0) is 22.5. The Hall–Kier alpha value is -1.85. The minimum atomic E-state index is -2.06. The van der Waals surface area contributed by atoms with Crippen LogP contribution in [-0.4, -0.2) is 31.5 Å². The second kappa shape index (κ2) is 10.4. The van der Waals surface area contributed by atoms with E-state index in [0.29, 0.717) is 16.6 Å². The highest BCUT2D eigenvalue weighted by atomic mass is 28.4. The molecule has 0 unspecified atom stereocenters. The van der Waals surface area contributed by atoms with Crippen LogP contribution in [0, 0.1) is 0 Å². The van der Waals surface area contributed by atoms with Gasteiger partial charge in [0, 0.05) is 5.70 Å². The molecule has 0 saturated heterocycles. The summed E-state index contributed by atoms with van der Waals surface area (Å²) in [4.78, 5) is 14.7. The molecule has 0 fully saturated rings. The van der Waals surface area contributed by atoms with Crippen molar-refractivity contribution in [3.63, 3.8) is 0 Å². The number of allylic oxidation sites excluding steroid dienone is 1. The van der Waals surface area contributed by atoms with Crippen LogP contribution in [0.3, 0.4) is 0 Å². The Kier molecular flexibility index (Phi) is 8.50. The zero-order valence-electron chi connectivity index (χ0n) is 19.7. The highest BCUT2D eigenvalue weighted by Crippen LogP contribution is 2.44. The van der Waals surface area contributed by atoms with Crippen molar-refractivity contribution >= 4 is 14.4 Å². The molecule has 4 nitrogen and oxygen atoms in total. The summed E-state index contributed by atoms with van der Waals surface area (Å²) in [7, 11) is -2.06. The lowest BCUT2D eigenvalue weighted by Gasteiger charge is -2.48. The molecule has 0 radical (unpaired) electrons. The zero-order valence-corrected chi connectivity index (χ0v) is 20.7. The van der Waals surface area contributed by atoms with Gasteiger partial charge in [0.05, 0.1) is 12.1 Å². The Morgan fingerprint density at radius 2 is 1.70 bits per heavy atom. The molecule has 0 bridgehead atoms. The number of nitrogens with zero attached hydrogens (tertiary/aromatic N) is 1. The predicted molar refractivity (Wildman–Crippen MR) is 127 cm³/mol. The first-order valence-electron chi connectivity index (χ1n) is 11.1. The number of hydrogen-bond donors (Lipinski definition) is 0. The summed E-state index contributed by atoms with van der Waals surface area (Å²) >= 11 is 0. The summed E-state index contributed by atoms with van der Waals surface area (Å²) in [6, 6.07) is 9.63. The van der Waals surface area contributed by atoms with E-state index < -0.39 is 8.32 Å². The molecule has 1 aromatic rings. The van der Waals surface area contributed by atoms with E-state index in [1.165, 1.54) is 0 Å². The van der Waals surface area contributed by atoms with Gasteiger partial charge in [-0.25, -0.2) is 4.79 Å². The lowest BCUT2D eigenvalue weighted by Crippen LogP contribution is -2.56. The third-order valence-electron chi connectivity index (χ3n) is 6.46. The van der Waals surface area contributed by atoms with E-state index in [1.807, 2.05) is 30.3 Å². The minimum absolute atomic E-state index is 0.0446. The van der Waals surface area contributed by atoms with Crippen molar-refractivity contribution in [1.29, 1.82) is 0 Å². The molecule has 0 N–H and O–H groups in total. The molecule has 0 spiro atoms. The summed E-state index contributed by atoms with van der Waals surface area (Å²) in [6.45, 7) is 19.9. The molecule has 2 rings (SSSR count). The molecule has 2 atom stereocenters. The van der Waals surface area contributed by atoms with E-state index >= 15 is 0 Å². The standard InChI is InChI=1S/C25H39NO3Si/c1-9-23-15-16-24(29-30(18(2)3,19(4)5)20(6)7)21(8)26(23)25(27)28-17-22-13-11-10-12-14-22/h9-15,18-21,24H,1,16-17H2,2-8H3/t21-,24+/m0/s1. The van der Waals surface area contributed by atoms with Crippen LogP contribution in [-0.2, 0) is 15.8 Å².